The van der Waals surface area contributed by atoms with Gasteiger partial charge in [-0.15, -0.1) is 0 Å². The van der Waals surface area contributed by atoms with Gasteiger partial charge in [-0.3, -0.25) is 14.5 Å². The summed E-state index contributed by atoms with van der Waals surface area (Å²) in [5.41, 5.74) is 4.49. The van der Waals surface area contributed by atoms with E-state index in [9.17, 15) is 9.59 Å². The first-order chi connectivity index (χ1) is 15.0. The zero-order chi connectivity index (χ0) is 22.0. The molecule has 1 unspecified atom stereocenters. The highest BCUT2D eigenvalue weighted by Crippen LogP contribution is 2.38. The van der Waals surface area contributed by atoms with E-state index in [0.717, 1.165) is 25.1 Å². The van der Waals surface area contributed by atoms with E-state index in [0.29, 0.717) is 29.5 Å². The van der Waals surface area contributed by atoms with Crippen LogP contribution in [0.3, 0.4) is 0 Å². The van der Waals surface area contributed by atoms with Gasteiger partial charge < -0.3 is 10.1 Å². The van der Waals surface area contributed by atoms with Crippen molar-refractivity contribution >= 4 is 17.4 Å². The Labute approximate surface area is 184 Å². The number of rotatable bonds is 7. The van der Waals surface area contributed by atoms with Crippen LogP contribution in [-0.2, 0) is 6.42 Å². The normalized spacial score (nSPS) is 17.9. The maximum atomic E-state index is 13.0. The van der Waals surface area contributed by atoms with E-state index in [1.807, 2.05) is 26.8 Å². The zero-order valence-corrected chi connectivity index (χ0v) is 18.7. The van der Waals surface area contributed by atoms with Gasteiger partial charge in [0.25, 0.3) is 5.91 Å². The number of Topliss-reactive ketones (excluding diaryl/α,β-unsaturated/α-hetero) is 1. The van der Waals surface area contributed by atoms with E-state index in [-0.39, 0.29) is 17.6 Å². The molecule has 0 radical (unpaired) electrons. The van der Waals surface area contributed by atoms with Crippen molar-refractivity contribution in [1.82, 2.24) is 4.90 Å². The van der Waals surface area contributed by atoms with Crippen molar-refractivity contribution in [2.75, 3.05) is 25.0 Å². The summed E-state index contributed by atoms with van der Waals surface area (Å²) in [6, 6.07) is 11.9. The molecule has 5 nitrogen and oxygen atoms in total. The minimum absolute atomic E-state index is 0.0177. The third-order valence-electron chi connectivity index (χ3n) is 6.29. The molecule has 5 heteroatoms. The van der Waals surface area contributed by atoms with Crippen LogP contribution >= 0.6 is 0 Å². The number of anilines is 1. The Bertz CT molecular complexity index is 983. The lowest BCUT2D eigenvalue weighted by atomic mass is 9.92. The second kappa shape index (κ2) is 9.23. The lowest BCUT2D eigenvalue weighted by molar-refractivity contribution is 0.0935. The molecule has 0 bridgehead atoms. The summed E-state index contributed by atoms with van der Waals surface area (Å²) in [6.45, 7) is 8.57. The van der Waals surface area contributed by atoms with Gasteiger partial charge in [-0.25, -0.2) is 0 Å². The maximum Gasteiger partial charge on any atom is 0.255 e. The highest BCUT2D eigenvalue weighted by molar-refractivity contribution is 6.07. The summed E-state index contributed by atoms with van der Waals surface area (Å²) in [7, 11) is 0. The van der Waals surface area contributed by atoms with Crippen LogP contribution in [0, 0.1) is 5.92 Å². The van der Waals surface area contributed by atoms with Crippen LogP contribution in [0.2, 0.25) is 0 Å². The van der Waals surface area contributed by atoms with Gasteiger partial charge in [0.05, 0.1) is 12.2 Å². The Kier molecular flexibility index (Phi) is 6.42. The van der Waals surface area contributed by atoms with Crippen molar-refractivity contribution in [3.05, 3.63) is 58.7 Å². The molecule has 0 spiro atoms. The van der Waals surface area contributed by atoms with Crippen LogP contribution in [0.15, 0.2) is 36.4 Å². The molecule has 4 rings (SSSR count). The Balaban J connectivity index is 1.57. The monoisotopic (exact) mass is 420 g/mol. The van der Waals surface area contributed by atoms with Gasteiger partial charge in [-0.1, -0.05) is 26.8 Å². The van der Waals surface area contributed by atoms with Crippen molar-refractivity contribution in [3.8, 4) is 5.75 Å². The number of carbonyl (C=O) groups excluding carboxylic acids is 2. The number of fused-ring (bicyclic) bond motifs is 3. The Morgan fingerprint density at radius 3 is 2.77 bits per heavy atom. The van der Waals surface area contributed by atoms with E-state index in [1.54, 1.807) is 18.2 Å². The van der Waals surface area contributed by atoms with Gasteiger partial charge in [0, 0.05) is 29.8 Å². The molecule has 2 aromatic carbocycles. The summed E-state index contributed by atoms with van der Waals surface area (Å²) in [5.74, 6) is 0.152. The van der Waals surface area contributed by atoms with Gasteiger partial charge in [0.2, 0.25) is 0 Å². The first-order valence-electron chi connectivity index (χ1n) is 11.5. The van der Waals surface area contributed by atoms with Gasteiger partial charge in [0.1, 0.15) is 5.75 Å². The Morgan fingerprint density at radius 1 is 1.16 bits per heavy atom. The van der Waals surface area contributed by atoms with Crippen molar-refractivity contribution in [1.29, 1.82) is 0 Å². The average molecular weight is 421 g/mol. The highest BCUT2D eigenvalue weighted by Gasteiger charge is 2.31. The number of nitrogens with zero attached hydrogens (tertiary/aromatic N) is 1. The smallest absolute Gasteiger partial charge is 0.255 e. The summed E-state index contributed by atoms with van der Waals surface area (Å²) < 4.78 is 5.76. The fourth-order valence-corrected chi connectivity index (χ4v) is 4.64. The molecule has 2 aliphatic rings. The number of hydrogen-bond donors (Lipinski definition) is 1. The summed E-state index contributed by atoms with van der Waals surface area (Å²) in [6.07, 6.45) is 4.35. The molecule has 0 aliphatic carbocycles. The number of ketones is 1. The van der Waals surface area contributed by atoms with Gasteiger partial charge in [0.15, 0.2) is 5.78 Å². The molecule has 0 aromatic heterocycles. The molecule has 1 N–H and O–H groups in total. The summed E-state index contributed by atoms with van der Waals surface area (Å²) in [4.78, 5) is 28.3. The van der Waals surface area contributed by atoms with E-state index < -0.39 is 0 Å². The second-order valence-corrected chi connectivity index (χ2v) is 8.89. The molecule has 1 saturated heterocycles. The van der Waals surface area contributed by atoms with E-state index >= 15 is 0 Å². The largest absolute Gasteiger partial charge is 0.493 e. The van der Waals surface area contributed by atoms with E-state index in [1.165, 1.54) is 30.5 Å². The first-order valence-corrected chi connectivity index (χ1v) is 11.5. The standard InChI is InChI=1S/C26H32N2O3/c1-4-14-31-24-10-8-19(15-22(24)25(29)17(2)3)26(30)27-20-9-7-18-11-13-28-12-5-6-23(28)21(18)16-20/h7-10,15-17,23H,4-6,11-14H2,1-3H3,(H,27,30). The second-order valence-electron chi connectivity index (χ2n) is 8.89. The lowest BCUT2D eigenvalue weighted by Gasteiger charge is -2.32. The Morgan fingerprint density at radius 2 is 2.00 bits per heavy atom. The molecule has 31 heavy (non-hydrogen) atoms. The minimum atomic E-state index is -0.209. The maximum absolute atomic E-state index is 13.0. The summed E-state index contributed by atoms with van der Waals surface area (Å²) in [5, 5.41) is 3.04. The fraction of sp³-hybridized carbons (Fsp3) is 0.462. The molecule has 0 saturated carbocycles. The summed E-state index contributed by atoms with van der Waals surface area (Å²) >= 11 is 0. The predicted octanol–water partition coefficient (Wildman–Crippen LogP) is 5.26. The number of benzene rings is 2. The van der Waals surface area contributed by atoms with Crippen LogP contribution in [0.1, 0.15) is 77.9 Å². The molecule has 2 aromatic rings. The molecule has 164 valence electrons. The molecule has 1 amide bonds. The van der Waals surface area contributed by atoms with Crippen molar-refractivity contribution in [3.63, 3.8) is 0 Å². The predicted molar refractivity (Wildman–Crippen MR) is 123 cm³/mol. The quantitative estimate of drug-likeness (QED) is 0.621. The molecule has 2 heterocycles. The SMILES string of the molecule is CCCOc1ccc(C(=O)Nc2ccc3c(c2)C2CCCN2CC3)cc1C(=O)C(C)C. The topological polar surface area (TPSA) is 58.6 Å². The molecule has 1 atom stereocenters. The Hall–Kier alpha value is -2.66. The average Bonchev–Trinajstić information content (AvgIpc) is 3.26. The third-order valence-corrected chi connectivity index (χ3v) is 6.29. The van der Waals surface area contributed by atoms with Crippen molar-refractivity contribution < 1.29 is 14.3 Å². The van der Waals surface area contributed by atoms with Crippen molar-refractivity contribution in [2.45, 2.75) is 52.5 Å². The van der Waals surface area contributed by atoms with Gasteiger partial charge in [-0.2, -0.15) is 0 Å². The van der Waals surface area contributed by atoms with Crippen LogP contribution in [0.25, 0.3) is 0 Å². The first kappa shape index (κ1) is 21.6. The molecular weight excluding hydrogens is 388 g/mol. The zero-order valence-electron chi connectivity index (χ0n) is 18.7. The van der Waals surface area contributed by atoms with Crippen LogP contribution in [0.4, 0.5) is 5.69 Å². The molecule has 1 fully saturated rings. The van der Waals surface area contributed by atoms with Gasteiger partial charge >= 0.3 is 0 Å². The van der Waals surface area contributed by atoms with Gasteiger partial charge in [-0.05, 0) is 73.7 Å². The number of ether oxygens (including phenoxy) is 1. The number of carbonyl (C=O) groups is 2. The van der Waals surface area contributed by atoms with Crippen LogP contribution < -0.4 is 10.1 Å². The number of hydrogen-bond acceptors (Lipinski definition) is 4. The minimum Gasteiger partial charge on any atom is -0.493 e. The van der Waals surface area contributed by atoms with E-state index in [4.69, 9.17) is 4.74 Å². The lowest BCUT2D eigenvalue weighted by Crippen LogP contribution is -2.31. The van der Waals surface area contributed by atoms with Crippen LogP contribution in [0.5, 0.6) is 5.75 Å². The fourth-order valence-electron chi connectivity index (χ4n) is 4.64. The third kappa shape index (κ3) is 4.52. The number of amides is 1. The molecule has 2 aliphatic heterocycles. The number of nitrogens with one attached hydrogen (secondary N) is 1. The van der Waals surface area contributed by atoms with E-state index in [2.05, 4.69) is 22.3 Å². The molecular formula is C26H32N2O3. The van der Waals surface area contributed by atoms with Crippen LogP contribution in [-0.4, -0.2) is 36.3 Å². The highest BCUT2D eigenvalue weighted by atomic mass is 16.5. The van der Waals surface area contributed by atoms with Crippen molar-refractivity contribution in [2.24, 2.45) is 5.92 Å².